The summed E-state index contributed by atoms with van der Waals surface area (Å²) in [6, 6.07) is 0. The van der Waals surface area contributed by atoms with Crippen molar-refractivity contribution in [2.24, 2.45) is 0 Å². The van der Waals surface area contributed by atoms with Gasteiger partial charge in [0.15, 0.2) is 0 Å². The number of aliphatic carboxylic acids is 1. The number of hydrogen-bond donors (Lipinski definition) is 1. The normalized spacial score (nSPS) is 11.4. The highest BCUT2D eigenvalue weighted by molar-refractivity contribution is 5.73. The Labute approximate surface area is 113 Å². The molecule has 106 valence electrons. The first-order valence-corrected chi connectivity index (χ1v) is 6.51. The molecule has 0 radical (unpaired) electrons. The van der Waals surface area contributed by atoms with Crippen LogP contribution in [0.5, 0.6) is 0 Å². The molecule has 19 heavy (non-hydrogen) atoms. The summed E-state index contributed by atoms with van der Waals surface area (Å²) in [5, 5.41) is 17.3. The number of carboxylic acids is 1. The molecule has 0 aliphatic heterocycles. The zero-order valence-electron chi connectivity index (χ0n) is 12.3. The Hall–Kier alpha value is -1.72. The molecule has 1 rings (SSSR count). The molecule has 0 amide bonds. The molecule has 0 atom stereocenters. The van der Waals surface area contributed by atoms with Crippen LogP contribution in [0, 0.1) is 0 Å². The highest BCUT2D eigenvalue weighted by Gasteiger charge is 2.27. The highest BCUT2D eigenvalue weighted by atomic mass is 16.4. The third kappa shape index (κ3) is 3.87. The van der Waals surface area contributed by atoms with Gasteiger partial charge in [0.1, 0.15) is 6.54 Å². The van der Waals surface area contributed by atoms with Crippen molar-refractivity contribution >= 4 is 11.9 Å². The van der Waals surface area contributed by atoms with Crippen molar-refractivity contribution < 1.29 is 9.90 Å². The van der Waals surface area contributed by atoms with Gasteiger partial charge in [-0.3, -0.25) is 4.79 Å². The molecule has 0 aliphatic carbocycles. The zero-order chi connectivity index (χ0) is 14.6. The Balaban J connectivity index is 3.19. The van der Waals surface area contributed by atoms with Gasteiger partial charge >= 0.3 is 5.97 Å². The van der Waals surface area contributed by atoms with E-state index >= 15 is 0 Å². The average molecular weight is 266 g/mol. The van der Waals surface area contributed by atoms with E-state index in [2.05, 4.69) is 15.2 Å². The van der Waals surface area contributed by atoms with E-state index in [1.165, 1.54) is 0 Å². The second-order valence-electron chi connectivity index (χ2n) is 5.36. The van der Waals surface area contributed by atoms with Crippen LogP contribution in [0.25, 0.3) is 0 Å². The van der Waals surface area contributed by atoms with Gasteiger partial charge in [-0.05, 0) is 33.6 Å². The molecule has 0 spiro atoms. The molecular formula is C13H22N4O2. The van der Waals surface area contributed by atoms with Gasteiger partial charge in [0, 0.05) is 5.54 Å². The SMILES string of the molecule is CCc1nnc(N(CC(=O)O)C(C)(C)C)nc1CC. The Morgan fingerprint density at radius 2 is 1.74 bits per heavy atom. The third-order valence-corrected chi connectivity index (χ3v) is 2.84. The Morgan fingerprint density at radius 3 is 2.16 bits per heavy atom. The fourth-order valence-electron chi connectivity index (χ4n) is 1.79. The summed E-state index contributed by atoms with van der Waals surface area (Å²) in [5.41, 5.74) is 1.38. The monoisotopic (exact) mass is 266 g/mol. The summed E-state index contributed by atoms with van der Waals surface area (Å²) in [5.74, 6) is -0.528. The minimum Gasteiger partial charge on any atom is -0.480 e. The van der Waals surface area contributed by atoms with E-state index in [0.717, 1.165) is 24.2 Å². The van der Waals surface area contributed by atoms with Gasteiger partial charge in [0.25, 0.3) is 0 Å². The largest absolute Gasteiger partial charge is 0.480 e. The number of rotatable bonds is 5. The van der Waals surface area contributed by atoms with Crippen molar-refractivity contribution in [2.75, 3.05) is 11.4 Å². The molecule has 0 saturated heterocycles. The number of carbonyl (C=O) groups is 1. The number of aromatic nitrogens is 3. The van der Waals surface area contributed by atoms with Crippen LogP contribution >= 0.6 is 0 Å². The van der Waals surface area contributed by atoms with Gasteiger partial charge < -0.3 is 10.0 Å². The van der Waals surface area contributed by atoms with Crippen LogP contribution in [-0.2, 0) is 17.6 Å². The first-order valence-electron chi connectivity index (χ1n) is 6.51. The van der Waals surface area contributed by atoms with E-state index in [1.807, 2.05) is 34.6 Å². The molecular weight excluding hydrogens is 244 g/mol. The van der Waals surface area contributed by atoms with E-state index in [0.29, 0.717) is 5.95 Å². The zero-order valence-corrected chi connectivity index (χ0v) is 12.3. The smallest absolute Gasteiger partial charge is 0.323 e. The molecule has 0 saturated carbocycles. The number of carboxylic acid groups (broad SMARTS) is 1. The molecule has 0 bridgehead atoms. The second-order valence-corrected chi connectivity index (χ2v) is 5.36. The molecule has 0 unspecified atom stereocenters. The Bertz CT molecular complexity index is 454. The molecule has 1 aromatic rings. The summed E-state index contributed by atoms with van der Waals surface area (Å²) >= 11 is 0. The lowest BCUT2D eigenvalue weighted by Gasteiger charge is -2.34. The molecule has 1 aromatic heterocycles. The van der Waals surface area contributed by atoms with Crippen molar-refractivity contribution in [2.45, 2.75) is 53.0 Å². The molecule has 0 aliphatic rings. The second kappa shape index (κ2) is 5.95. The maximum absolute atomic E-state index is 11.0. The standard InChI is InChI=1S/C13H22N4O2/c1-6-9-10(7-2)15-16-12(14-9)17(8-11(18)19)13(3,4)5/h6-8H2,1-5H3,(H,18,19). The van der Waals surface area contributed by atoms with Crippen molar-refractivity contribution in [1.82, 2.24) is 15.2 Å². The minimum absolute atomic E-state index is 0.139. The fourth-order valence-corrected chi connectivity index (χ4v) is 1.79. The first-order chi connectivity index (χ1) is 8.79. The molecule has 6 nitrogen and oxygen atoms in total. The van der Waals surface area contributed by atoms with Crippen LogP contribution in [0.3, 0.4) is 0 Å². The lowest BCUT2D eigenvalue weighted by atomic mass is 10.1. The summed E-state index contributed by atoms with van der Waals surface area (Å²) in [4.78, 5) is 17.1. The molecule has 1 heterocycles. The van der Waals surface area contributed by atoms with Crippen LogP contribution in [0.4, 0.5) is 5.95 Å². The van der Waals surface area contributed by atoms with E-state index < -0.39 is 5.97 Å². The van der Waals surface area contributed by atoms with Gasteiger partial charge in [-0.15, -0.1) is 5.10 Å². The maximum Gasteiger partial charge on any atom is 0.323 e. The van der Waals surface area contributed by atoms with Crippen LogP contribution in [-0.4, -0.2) is 38.3 Å². The highest BCUT2D eigenvalue weighted by Crippen LogP contribution is 2.20. The Morgan fingerprint density at radius 1 is 1.16 bits per heavy atom. The average Bonchev–Trinajstić information content (AvgIpc) is 2.33. The van der Waals surface area contributed by atoms with Gasteiger partial charge in [-0.2, -0.15) is 5.10 Å². The summed E-state index contributed by atoms with van der Waals surface area (Å²) in [6.07, 6.45) is 1.54. The lowest BCUT2D eigenvalue weighted by Crippen LogP contribution is -2.46. The molecule has 0 fully saturated rings. The predicted molar refractivity (Wildman–Crippen MR) is 73.3 cm³/mol. The molecule has 6 heteroatoms. The van der Waals surface area contributed by atoms with Crippen molar-refractivity contribution in [1.29, 1.82) is 0 Å². The lowest BCUT2D eigenvalue weighted by molar-refractivity contribution is -0.135. The molecule has 1 N–H and O–H groups in total. The van der Waals surface area contributed by atoms with Crippen LogP contribution in [0.15, 0.2) is 0 Å². The van der Waals surface area contributed by atoms with Gasteiger partial charge in [-0.25, -0.2) is 4.98 Å². The molecule has 0 aromatic carbocycles. The van der Waals surface area contributed by atoms with Gasteiger partial charge in [-0.1, -0.05) is 13.8 Å². The van der Waals surface area contributed by atoms with E-state index in [1.54, 1.807) is 4.90 Å². The van der Waals surface area contributed by atoms with Crippen LogP contribution in [0.1, 0.15) is 46.0 Å². The number of aryl methyl sites for hydroxylation is 2. The minimum atomic E-state index is -0.906. The van der Waals surface area contributed by atoms with Crippen molar-refractivity contribution in [3.63, 3.8) is 0 Å². The van der Waals surface area contributed by atoms with E-state index in [9.17, 15) is 4.79 Å². The third-order valence-electron chi connectivity index (χ3n) is 2.84. The number of hydrogen-bond acceptors (Lipinski definition) is 5. The van der Waals surface area contributed by atoms with Crippen LogP contribution in [0.2, 0.25) is 0 Å². The number of nitrogens with zero attached hydrogens (tertiary/aromatic N) is 4. The number of anilines is 1. The Kier molecular flexibility index (Phi) is 4.80. The summed E-state index contributed by atoms with van der Waals surface area (Å²) < 4.78 is 0. The van der Waals surface area contributed by atoms with Gasteiger partial charge in [0.2, 0.25) is 5.95 Å². The fraction of sp³-hybridized carbons (Fsp3) is 0.692. The van der Waals surface area contributed by atoms with E-state index in [4.69, 9.17) is 5.11 Å². The van der Waals surface area contributed by atoms with Crippen molar-refractivity contribution in [3.05, 3.63) is 11.4 Å². The summed E-state index contributed by atoms with van der Waals surface area (Å²) in [7, 11) is 0. The first kappa shape index (κ1) is 15.3. The quantitative estimate of drug-likeness (QED) is 0.873. The van der Waals surface area contributed by atoms with Crippen LogP contribution < -0.4 is 4.90 Å². The summed E-state index contributed by atoms with van der Waals surface area (Å²) in [6.45, 7) is 9.66. The predicted octanol–water partition coefficient (Wildman–Crippen LogP) is 1.69. The topological polar surface area (TPSA) is 79.2 Å². The van der Waals surface area contributed by atoms with Crippen molar-refractivity contribution in [3.8, 4) is 0 Å². The van der Waals surface area contributed by atoms with E-state index in [-0.39, 0.29) is 12.1 Å². The maximum atomic E-state index is 11.0. The van der Waals surface area contributed by atoms with Gasteiger partial charge in [0.05, 0.1) is 11.4 Å².